The maximum atomic E-state index is 13.6. The summed E-state index contributed by atoms with van der Waals surface area (Å²) < 4.78 is 74.2. The zero-order chi connectivity index (χ0) is 28.4. The molecular formula is C30H26ClF3N2O3S. The van der Waals surface area contributed by atoms with Crippen LogP contribution < -0.4 is 9.46 Å². The van der Waals surface area contributed by atoms with Gasteiger partial charge >= 0.3 is 6.18 Å². The summed E-state index contributed by atoms with van der Waals surface area (Å²) in [6.45, 7) is 1.85. The minimum Gasteiger partial charge on any atom is -0.457 e. The number of hydrogen-bond donors (Lipinski definition) is 1. The van der Waals surface area contributed by atoms with Crippen LogP contribution in [-0.2, 0) is 28.3 Å². The number of sulfonamides is 1. The van der Waals surface area contributed by atoms with Gasteiger partial charge in [-0.05, 0) is 78.2 Å². The molecule has 1 N–H and O–H groups in total. The molecule has 1 saturated heterocycles. The number of nitrogens with one attached hydrogen (secondary N) is 1. The van der Waals surface area contributed by atoms with E-state index in [0.717, 1.165) is 23.3 Å². The molecule has 0 radical (unpaired) electrons. The van der Waals surface area contributed by atoms with Crippen molar-refractivity contribution in [3.63, 3.8) is 0 Å². The van der Waals surface area contributed by atoms with Crippen LogP contribution in [0.15, 0.2) is 108 Å². The van der Waals surface area contributed by atoms with Gasteiger partial charge in [-0.3, -0.25) is 4.90 Å². The first-order valence-electron chi connectivity index (χ1n) is 12.5. The molecule has 0 aliphatic carbocycles. The summed E-state index contributed by atoms with van der Waals surface area (Å²) in [6, 6.07) is 27.2. The maximum absolute atomic E-state index is 13.6. The topological polar surface area (TPSA) is 58.6 Å². The Bertz CT molecular complexity index is 1550. The highest BCUT2D eigenvalue weighted by Gasteiger charge is 2.43. The Morgan fingerprint density at radius 3 is 2.05 bits per heavy atom. The van der Waals surface area contributed by atoms with Gasteiger partial charge < -0.3 is 4.74 Å². The van der Waals surface area contributed by atoms with Gasteiger partial charge in [-0.2, -0.15) is 17.9 Å². The highest BCUT2D eigenvalue weighted by atomic mass is 35.5. The predicted molar refractivity (Wildman–Crippen MR) is 148 cm³/mol. The fourth-order valence-electron chi connectivity index (χ4n) is 4.86. The Labute approximate surface area is 236 Å². The number of rotatable bonds is 8. The van der Waals surface area contributed by atoms with Crippen LogP contribution in [0.3, 0.4) is 0 Å². The molecule has 0 bridgehead atoms. The van der Waals surface area contributed by atoms with Crippen molar-refractivity contribution < 1.29 is 26.3 Å². The molecule has 208 valence electrons. The van der Waals surface area contributed by atoms with E-state index in [9.17, 15) is 21.6 Å². The zero-order valence-electron chi connectivity index (χ0n) is 21.2. The summed E-state index contributed by atoms with van der Waals surface area (Å²) in [4.78, 5) is 2.26. The van der Waals surface area contributed by atoms with E-state index in [0.29, 0.717) is 36.8 Å². The summed E-state index contributed by atoms with van der Waals surface area (Å²) >= 11 is 6.12. The first kappa shape index (κ1) is 28.2. The molecule has 0 saturated carbocycles. The highest BCUT2D eigenvalue weighted by Crippen LogP contribution is 2.36. The number of alkyl halides is 3. The molecule has 1 fully saturated rings. The molecular weight excluding hydrogens is 561 g/mol. The minimum absolute atomic E-state index is 0.0436. The largest absolute Gasteiger partial charge is 0.457 e. The summed E-state index contributed by atoms with van der Waals surface area (Å²) in [5, 5.41) is 0.560. The van der Waals surface area contributed by atoms with Crippen molar-refractivity contribution in [2.75, 3.05) is 13.1 Å². The normalized spacial score (nSPS) is 18.1. The average molecular weight is 587 g/mol. The SMILES string of the molecule is O=S(=O)(N[C@]1(c2ccc(Cl)cc2)CCN(Cc2ccccc2)C1)c1ccc(Oc2ccc(C(F)(F)F)cc2)cc1. The van der Waals surface area contributed by atoms with Crippen LogP contribution in [0.1, 0.15) is 23.1 Å². The molecule has 5 nitrogen and oxygen atoms in total. The van der Waals surface area contributed by atoms with Crippen LogP contribution in [0, 0.1) is 0 Å². The van der Waals surface area contributed by atoms with Crippen LogP contribution >= 0.6 is 11.6 Å². The third-order valence-electron chi connectivity index (χ3n) is 6.88. The molecule has 10 heteroatoms. The van der Waals surface area contributed by atoms with Gasteiger partial charge in [0.05, 0.1) is 16.0 Å². The Kier molecular flexibility index (Phi) is 7.92. The number of halogens is 4. The van der Waals surface area contributed by atoms with Crippen LogP contribution in [0.25, 0.3) is 0 Å². The molecule has 1 heterocycles. The first-order chi connectivity index (χ1) is 19.0. The quantitative estimate of drug-likeness (QED) is 0.237. The van der Waals surface area contributed by atoms with Gasteiger partial charge in [0, 0.05) is 24.7 Å². The lowest BCUT2D eigenvalue weighted by atomic mass is 9.90. The van der Waals surface area contributed by atoms with Crippen molar-refractivity contribution in [1.82, 2.24) is 9.62 Å². The van der Waals surface area contributed by atoms with Crippen LogP contribution in [0.4, 0.5) is 13.2 Å². The van der Waals surface area contributed by atoms with E-state index in [1.54, 1.807) is 12.1 Å². The van der Waals surface area contributed by atoms with Crippen molar-refractivity contribution in [2.45, 2.75) is 29.6 Å². The van der Waals surface area contributed by atoms with Crippen LogP contribution in [-0.4, -0.2) is 26.4 Å². The summed E-state index contributed by atoms with van der Waals surface area (Å²) in [5.74, 6) is 0.494. The van der Waals surface area contributed by atoms with E-state index in [-0.39, 0.29) is 10.6 Å². The van der Waals surface area contributed by atoms with Gasteiger partial charge in [-0.25, -0.2) is 8.42 Å². The Hall–Kier alpha value is -3.37. The van der Waals surface area contributed by atoms with Gasteiger partial charge in [-0.1, -0.05) is 54.1 Å². The van der Waals surface area contributed by atoms with Crippen molar-refractivity contribution in [2.24, 2.45) is 0 Å². The molecule has 1 aliphatic rings. The monoisotopic (exact) mass is 586 g/mol. The first-order valence-corrected chi connectivity index (χ1v) is 14.4. The number of nitrogens with zero attached hydrogens (tertiary/aromatic N) is 1. The Balaban J connectivity index is 1.34. The van der Waals surface area contributed by atoms with Crippen molar-refractivity contribution in [3.05, 3.63) is 125 Å². The van der Waals surface area contributed by atoms with Crippen LogP contribution in [0.2, 0.25) is 5.02 Å². The van der Waals surface area contributed by atoms with Gasteiger partial charge in [0.2, 0.25) is 10.0 Å². The number of likely N-dealkylation sites (tertiary alicyclic amines) is 1. The van der Waals surface area contributed by atoms with Gasteiger partial charge in [-0.15, -0.1) is 0 Å². The summed E-state index contributed by atoms with van der Waals surface area (Å²) in [7, 11) is -3.96. The third kappa shape index (κ3) is 6.50. The fourth-order valence-corrected chi connectivity index (χ4v) is 6.40. The maximum Gasteiger partial charge on any atom is 0.416 e. The molecule has 0 amide bonds. The van der Waals surface area contributed by atoms with Crippen LogP contribution in [0.5, 0.6) is 11.5 Å². The fraction of sp³-hybridized carbons (Fsp3) is 0.200. The molecule has 0 aromatic heterocycles. The molecule has 40 heavy (non-hydrogen) atoms. The van der Waals surface area contributed by atoms with E-state index in [4.69, 9.17) is 16.3 Å². The number of benzene rings is 4. The van der Waals surface area contributed by atoms with E-state index >= 15 is 0 Å². The van der Waals surface area contributed by atoms with Gasteiger partial charge in [0.15, 0.2) is 0 Å². The van der Waals surface area contributed by atoms with E-state index in [1.165, 1.54) is 36.4 Å². The van der Waals surface area contributed by atoms with E-state index < -0.39 is 27.3 Å². The Morgan fingerprint density at radius 1 is 0.850 bits per heavy atom. The number of hydrogen-bond acceptors (Lipinski definition) is 4. The van der Waals surface area contributed by atoms with E-state index in [2.05, 4.69) is 9.62 Å². The molecule has 5 rings (SSSR count). The second-order valence-corrected chi connectivity index (χ2v) is 11.9. The summed E-state index contributed by atoms with van der Waals surface area (Å²) in [5.41, 5.74) is 0.309. The lowest BCUT2D eigenvalue weighted by molar-refractivity contribution is -0.137. The molecule has 0 spiro atoms. The number of ether oxygens (including phenoxy) is 1. The van der Waals surface area contributed by atoms with E-state index in [1.807, 2.05) is 42.5 Å². The molecule has 4 aromatic carbocycles. The zero-order valence-corrected chi connectivity index (χ0v) is 22.8. The minimum atomic E-state index is -4.44. The average Bonchev–Trinajstić information content (AvgIpc) is 3.32. The standard InChI is InChI=1S/C30H26ClF3N2O3S/c31-25-10-6-23(7-11-25)29(18-19-36(21-29)20-22-4-2-1-3-5-22)35-40(37,38)28-16-14-27(15-17-28)39-26-12-8-24(9-13-26)30(32,33)34/h1-17,35H,18-21H2/t29-/m1/s1. The highest BCUT2D eigenvalue weighted by molar-refractivity contribution is 7.89. The molecule has 4 aromatic rings. The van der Waals surface area contributed by atoms with Crippen molar-refractivity contribution in [3.8, 4) is 11.5 Å². The molecule has 0 unspecified atom stereocenters. The summed E-state index contributed by atoms with van der Waals surface area (Å²) in [6.07, 6.45) is -3.88. The second-order valence-electron chi connectivity index (χ2n) is 9.74. The van der Waals surface area contributed by atoms with Gasteiger partial charge in [0.25, 0.3) is 0 Å². The van der Waals surface area contributed by atoms with Crippen molar-refractivity contribution in [1.29, 1.82) is 0 Å². The molecule has 1 aliphatic heterocycles. The molecule has 1 atom stereocenters. The van der Waals surface area contributed by atoms with Crippen molar-refractivity contribution >= 4 is 21.6 Å². The lowest BCUT2D eigenvalue weighted by Gasteiger charge is -2.31. The lowest BCUT2D eigenvalue weighted by Crippen LogP contribution is -2.47. The second kappa shape index (κ2) is 11.2. The third-order valence-corrected chi connectivity index (χ3v) is 8.68. The van der Waals surface area contributed by atoms with Gasteiger partial charge in [0.1, 0.15) is 11.5 Å². The smallest absolute Gasteiger partial charge is 0.416 e. The Morgan fingerprint density at radius 2 is 1.45 bits per heavy atom. The predicted octanol–water partition coefficient (Wildman–Crippen LogP) is 7.23.